The molecule has 4 N–H and O–H groups in total. The number of nitrogens with one attached hydrogen (secondary N) is 3. The Kier molecular flexibility index (Phi) is 9.81. The first kappa shape index (κ1) is 33.4. The van der Waals surface area contributed by atoms with Crippen molar-refractivity contribution in [3.8, 4) is 0 Å². The number of imidazole rings is 1. The molecule has 1 saturated heterocycles. The summed E-state index contributed by atoms with van der Waals surface area (Å²) >= 11 is 0. The smallest absolute Gasteiger partial charge is 0.410 e. The molecule has 1 spiro atoms. The number of hydrogen-bond donors (Lipinski definition) is 4. The number of benzene rings is 2. The fraction of sp³-hybridized carbons (Fsp3) is 0.387. The number of rotatable bonds is 12. The van der Waals surface area contributed by atoms with Gasteiger partial charge in [-0.2, -0.15) is 4.72 Å². The minimum Gasteiger partial charge on any atom is -0.480 e. The fourth-order valence-corrected chi connectivity index (χ4v) is 7.71. The molecule has 0 bridgehead atoms. The van der Waals surface area contributed by atoms with Gasteiger partial charge < -0.3 is 25.0 Å². The second-order valence-corrected chi connectivity index (χ2v) is 13.5. The third-order valence-electron chi connectivity index (χ3n) is 8.08. The fourth-order valence-electron chi connectivity index (χ4n) is 6.08. The van der Waals surface area contributed by atoms with Crippen LogP contribution in [0.3, 0.4) is 0 Å². The van der Waals surface area contributed by atoms with E-state index in [0.29, 0.717) is 36.5 Å². The number of likely N-dealkylation sites (tertiary alicyclic amines) is 1. The zero-order chi connectivity index (χ0) is 33.8. The number of carboxylic acid groups (broad SMARTS) is 1. The molecule has 16 heteroatoms. The highest BCUT2D eigenvalue weighted by molar-refractivity contribution is 7.89. The van der Waals surface area contributed by atoms with Crippen LogP contribution in [0.15, 0.2) is 64.9 Å². The molecule has 0 radical (unpaired) electrons. The number of H-pyrrole nitrogens is 1. The van der Waals surface area contributed by atoms with Crippen LogP contribution >= 0.6 is 0 Å². The topological polar surface area (TPSA) is 196 Å². The summed E-state index contributed by atoms with van der Waals surface area (Å²) in [4.78, 5) is 53.3. The van der Waals surface area contributed by atoms with Crippen molar-refractivity contribution < 1.29 is 37.5 Å². The summed E-state index contributed by atoms with van der Waals surface area (Å²) in [6.07, 6.45) is 3.43. The predicted octanol–water partition coefficient (Wildman–Crippen LogP) is 2.52. The predicted molar refractivity (Wildman–Crippen MR) is 170 cm³/mol. The SMILES string of the molecule is Cc1cc(C)c(S(=O)(=O)NC(CN(C=O)C2=NO[C@]3(C2)CC(CNc2ncc[nH]2)N(C(=O)OCc2ccccc2)C3)C(=O)O)c(C)c1. The molecular formula is C31H37N7O8S. The van der Waals surface area contributed by atoms with Crippen molar-refractivity contribution in [3.05, 3.63) is 77.1 Å². The average molecular weight is 668 g/mol. The van der Waals surface area contributed by atoms with E-state index in [1.165, 1.54) is 4.90 Å². The van der Waals surface area contributed by atoms with Gasteiger partial charge in [0.15, 0.2) is 17.4 Å². The van der Waals surface area contributed by atoms with Gasteiger partial charge in [-0.3, -0.25) is 19.4 Å². The number of nitrogens with zero attached hydrogens (tertiary/aromatic N) is 4. The Morgan fingerprint density at radius 3 is 2.60 bits per heavy atom. The minimum atomic E-state index is -4.27. The van der Waals surface area contributed by atoms with Crippen LogP contribution in [0.4, 0.5) is 10.7 Å². The Bertz CT molecular complexity index is 1730. The van der Waals surface area contributed by atoms with Crippen LogP contribution in [0.25, 0.3) is 0 Å². The van der Waals surface area contributed by atoms with E-state index in [1.54, 1.807) is 38.4 Å². The van der Waals surface area contributed by atoms with Gasteiger partial charge in [0.25, 0.3) is 0 Å². The number of aromatic amines is 1. The van der Waals surface area contributed by atoms with Crippen molar-refractivity contribution in [1.29, 1.82) is 0 Å². The van der Waals surface area contributed by atoms with Gasteiger partial charge in [-0.15, -0.1) is 0 Å². The van der Waals surface area contributed by atoms with E-state index >= 15 is 0 Å². The average Bonchev–Trinajstić information content (AvgIpc) is 3.77. The Hall–Kier alpha value is -4.96. The Morgan fingerprint density at radius 2 is 1.96 bits per heavy atom. The Labute approximate surface area is 272 Å². The highest BCUT2D eigenvalue weighted by Gasteiger charge is 2.53. The molecular weight excluding hydrogens is 630 g/mol. The number of amidine groups is 1. The molecule has 3 atom stereocenters. The first-order valence-corrected chi connectivity index (χ1v) is 16.4. The van der Waals surface area contributed by atoms with Crippen molar-refractivity contribution >= 4 is 40.3 Å². The normalized spacial score (nSPS) is 19.6. The third kappa shape index (κ3) is 7.72. The lowest BCUT2D eigenvalue weighted by Crippen LogP contribution is -2.50. The quantitative estimate of drug-likeness (QED) is 0.208. The van der Waals surface area contributed by atoms with Crippen molar-refractivity contribution in [2.24, 2.45) is 5.16 Å². The number of anilines is 1. The van der Waals surface area contributed by atoms with E-state index in [1.807, 2.05) is 37.3 Å². The number of carbonyl (C=O) groups excluding carboxylic acids is 2. The van der Waals surface area contributed by atoms with Crippen LogP contribution in [0.1, 0.15) is 35.1 Å². The van der Waals surface area contributed by atoms with Crippen LogP contribution in [0, 0.1) is 20.8 Å². The molecule has 0 aliphatic carbocycles. The van der Waals surface area contributed by atoms with Gasteiger partial charge in [-0.1, -0.05) is 53.2 Å². The van der Waals surface area contributed by atoms with Crippen LogP contribution in [0.2, 0.25) is 0 Å². The summed E-state index contributed by atoms with van der Waals surface area (Å²) in [6, 6.07) is 10.5. The summed E-state index contributed by atoms with van der Waals surface area (Å²) in [6.45, 7) is 4.98. The number of oxime groups is 1. The van der Waals surface area contributed by atoms with Crippen LogP contribution in [-0.4, -0.2) is 94.9 Å². The van der Waals surface area contributed by atoms with E-state index in [0.717, 1.165) is 16.0 Å². The summed E-state index contributed by atoms with van der Waals surface area (Å²) in [5.74, 6) is -0.863. The maximum absolute atomic E-state index is 13.3. The third-order valence-corrected chi connectivity index (χ3v) is 9.86. The number of aliphatic carboxylic acids is 1. The van der Waals surface area contributed by atoms with Crippen molar-refractivity contribution in [2.75, 3.05) is 25.0 Å². The van der Waals surface area contributed by atoms with Crippen molar-refractivity contribution in [3.63, 3.8) is 0 Å². The molecule has 5 rings (SSSR count). The standard InChI is InChI=1S/C31H37N7O8S/c1-20-11-21(2)27(22(3)12-20)47(43,44)36-25(28(40)41)16-37(19-39)26-14-31(46-35-26)13-24(15-34-29-32-9-10-33-29)38(18-31)30(42)45-17-23-7-5-4-6-8-23/h4-12,19,24-25,36H,13-18H2,1-3H3,(H,40,41)(H2,32,33,34)/t24?,25?,31-/m0/s1. The monoisotopic (exact) mass is 667 g/mol. The first-order chi connectivity index (χ1) is 22.4. The van der Waals surface area contributed by atoms with Crippen LogP contribution < -0.4 is 10.0 Å². The molecule has 2 amide bonds. The molecule has 3 aromatic rings. The van der Waals surface area contributed by atoms with Gasteiger partial charge in [0, 0.05) is 25.4 Å². The number of hydrogen-bond acceptors (Lipinski definition) is 10. The van der Waals surface area contributed by atoms with Crippen LogP contribution in [-0.2, 0) is 35.8 Å². The number of sulfonamides is 1. The van der Waals surface area contributed by atoms with Crippen LogP contribution in [0.5, 0.6) is 0 Å². The van der Waals surface area contributed by atoms with Gasteiger partial charge in [0.1, 0.15) is 12.6 Å². The molecule has 0 saturated carbocycles. The second kappa shape index (κ2) is 13.8. The van der Waals surface area contributed by atoms with Gasteiger partial charge in [-0.25, -0.2) is 18.2 Å². The maximum Gasteiger partial charge on any atom is 0.410 e. The van der Waals surface area contributed by atoms with E-state index in [2.05, 4.69) is 25.2 Å². The second-order valence-electron chi connectivity index (χ2n) is 11.8. The van der Waals surface area contributed by atoms with Gasteiger partial charge in [0.05, 0.1) is 30.4 Å². The molecule has 15 nitrogen and oxygen atoms in total. The van der Waals surface area contributed by atoms with E-state index < -0.39 is 46.3 Å². The molecule has 2 unspecified atom stereocenters. The number of carboxylic acids is 1. The number of ether oxygens (including phenoxy) is 1. The number of amides is 2. The van der Waals surface area contributed by atoms with E-state index in [-0.39, 0.29) is 30.3 Å². The molecule has 47 heavy (non-hydrogen) atoms. The summed E-state index contributed by atoms with van der Waals surface area (Å²) < 4.78 is 34.5. The lowest BCUT2D eigenvalue weighted by atomic mass is 9.95. The molecule has 2 aliphatic heterocycles. The van der Waals surface area contributed by atoms with Gasteiger partial charge >= 0.3 is 12.1 Å². The molecule has 3 heterocycles. The lowest BCUT2D eigenvalue weighted by Gasteiger charge is -2.24. The summed E-state index contributed by atoms with van der Waals surface area (Å²) in [7, 11) is -4.27. The first-order valence-electron chi connectivity index (χ1n) is 14.9. The Morgan fingerprint density at radius 1 is 1.23 bits per heavy atom. The zero-order valence-corrected chi connectivity index (χ0v) is 27.0. The summed E-state index contributed by atoms with van der Waals surface area (Å²) in [5, 5.41) is 17.2. The maximum atomic E-state index is 13.3. The highest BCUT2D eigenvalue weighted by atomic mass is 32.2. The Balaban J connectivity index is 1.29. The molecule has 1 fully saturated rings. The highest BCUT2D eigenvalue weighted by Crippen LogP contribution is 2.38. The number of aryl methyl sites for hydroxylation is 3. The minimum absolute atomic E-state index is 0.0214. The molecule has 2 aliphatic rings. The molecule has 250 valence electrons. The van der Waals surface area contributed by atoms with Gasteiger partial charge in [-0.05, 0) is 37.5 Å². The zero-order valence-electron chi connectivity index (χ0n) is 26.2. The lowest BCUT2D eigenvalue weighted by molar-refractivity contribution is -0.139. The van der Waals surface area contributed by atoms with E-state index in [9.17, 15) is 27.9 Å². The molecule has 2 aromatic carbocycles. The van der Waals surface area contributed by atoms with Crippen molar-refractivity contribution in [2.45, 2.75) is 62.8 Å². The summed E-state index contributed by atoms with van der Waals surface area (Å²) in [5.41, 5.74) is 1.58. The largest absolute Gasteiger partial charge is 0.480 e. The number of aromatic nitrogens is 2. The number of carbonyl (C=O) groups is 3. The van der Waals surface area contributed by atoms with Crippen molar-refractivity contribution in [1.82, 2.24) is 24.5 Å². The van der Waals surface area contributed by atoms with E-state index in [4.69, 9.17) is 9.57 Å². The van der Waals surface area contributed by atoms with Gasteiger partial charge in [0.2, 0.25) is 16.4 Å². The molecule has 1 aromatic heterocycles.